The number of aromatic hydroxyl groups is 1. The average Bonchev–Trinajstić information content (AvgIpc) is 2.59. The number of nitrogens with zero attached hydrogens (tertiary/aromatic N) is 1. The fraction of sp³-hybridized carbons (Fsp3) is 0.0500. The number of phenols is 1. The number of hydrogen-bond donors (Lipinski definition) is 1. The van der Waals surface area contributed by atoms with Crippen LogP contribution in [0, 0.1) is 44.1 Å². The second-order valence-electron chi connectivity index (χ2n) is 5.09. The molecule has 0 bridgehead atoms. The van der Waals surface area contributed by atoms with Crippen molar-refractivity contribution in [2.75, 3.05) is 0 Å². The van der Waals surface area contributed by atoms with E-state index < -0.39 is 0 Å². The van der Waals surface area contributed by atoms with E-state index in [1.807, 2.05) is 54.7 Å². The second kappa shape index (κ2) is 9.01. The number of phenolic OH excluding ortho intramolecular Hbond substituents is 1. The van der Waals surface area contributed by atoms with E-state index in [1.165, 1.54) is 0 Å². The maximum Gasteiger partial charge on any atom is 0.115 e. The van der Waals surface area contributed by atoms with Gasteiger partial charge in [0.1, 0.15) is 5.75 Å². The van der Waals surface area contributed by atoms with Gasteiger partial charge in [-0.05, 0) is 41.0 Å². The van der Waals surface area contributed by atoms with Gasteiger partial charge in [-0.1, -0.05) is 60.7 Å². The van der Waals surface area contributed by atoms with Crippen LogP contribution in [0.4, 0.5) is 0 Å². The largest absolute Gasteiger partial charge is 0.508 e. The second-order valence-corrected chi connectivity index (χ2v) is 5.09. The Kier molecular flexibility index (Phi) is 7.02. The van der Waals surface area contributed by atoms with Crippen molar-refractivity contribution in [1.82, 2.24) is 0 Å². The third kappa shape index (κ3) is 5.03. The van der Waals surface area contributed by atoms with Crippen molar-refractivity contribution in [2.24, 2.45) is 4.99 Å². The molecule has 2 nitrogen and oxygen atoms in total. The normalized spacial score (nSPS) is 10.7. The number of hydrogen-bond acceptors (Lipinski definition) is 2. The third-order valence-corrected chi connectivity index (χ3v) is 3.50. The molecule has 3 aromatic rings. The molecule has 0 atom stereocenters. The Morgan fingerprint density at radius 3 is 1.65 bits per heavy atom. The van der Waals surface area contributed by atoms with Gasteiger partial charge in [0.15, 0.2) is 0 Å². The Balaban J connectivity index is 0.00000192. The summed E-state index contributed by atoms with van der Waals surface area (Å²) in [7, 11) is 0. The number of benzene rings is 3. The first-order valence-corrected chi connectivity index (χ1v) is 7.25. The van der Waals surface area contributed by atoms with Gasteiger partial charge in [0.05, 0.1) is 6.04 Å². The Hall–Kier alpha value is -1.43. The van der Waals surface area contributed by atoms with Gasteiger partial charge in [0.25, 0.3) is 0 Å². The van der Waals surface area contributed by atoms with Crippen molar-refractivity contribution in [3.05, 3.63) is 102 Å². The van der Waals surface area contributed by atoms with Crippen LogP contribution in [-0.4, -0.2) is 11.3 Å². The molecule has 0 saturated carbocycles. The van der Waals surface area contributed by atoms with Crippen LogP contribution in [0.5, 0.6) is 5.75 Å². The fourth-order valence-electron chi connectivity index (χ4n) is 2.36. The van der Waals surface area contributed by atoms with Crippen LogP contribution in [-0.2, 0) is 0 Å². The molecule has 1 N–H and O–H groups in total. The minimum atomic E-state index is -0.0313. The van der Waals surface area contributed by atoms with Gasteiger partial charge in [-0.3, -0.25) is 4.99 Å². The molecule has 0 spiro atoms. The maximum absolute atomic E-state index is 9.35. The number of aliphatic imine (C=N–C) groups is 1. The molecule has 0 amide bonds. The van der Waals surface area contributed by atoms with Crippen molar-refractivity contribution >= 4 is 6.21 Å². The monoisotopic (exact) mass is 514 g/mol. The van der Waals surface area contributed by atoms with Crippen LogP contribution in [0.2, 0.25) is 0 Å². The first-order valence-electron chi connectivity index (χ1n) is 7.25. The van der Waals surface area contributed by atoms with Crippen LogP contribution >= 0.6 is 0 Å². The molecule has 0 fully saturated rings. The van der Waals surface area contributed by atoms with Crippen molar-refractivity contribution < 1.29 is 49.2 Å². The summed E-state index contributed by atoms with van der Waals surface area (Å²) in [4.78, 5) is 4.76. The summed E-state index contributed by atoms with van der Waals surface area (Å²) >= 11 is 0. The predicted molar refractivity (Wildman–Crippen MR) is 90.4 cm³/mol. The molecule has 0 aliphatic heterocycles. The number of rotatable bonds is 4. The summed E-state index contributed by atoms with van der Waals surface area (Å²) in [5.41, 5.74) is 3.28. The molecule has 0 saturated heterocycles. The molecule has 0 aromatic heterocycles. The van der Waals surface area contributed by atoms with Gasteiger partial charge in [-0.2, -0.15) is 0 Å². The molecule has 23 heavy (non-hydrogen) atoms. The third-order valence-electron chi connectivity index (χ3n) is 3.50. The minimum absolute atomic E-state index is 0. The van der Waals surface area contributed by atoms with E-state index in [2.05, 4.69) is 24.3 Å². The predicted octanol–water partition coefficient (Wildman–Crippen LogP) is 4.60. The molecule has 111 valence electrons. The first kappa shape index (κ1) is 17.9. The summed E-state index contributed by atoms with van der Waals surface area (Å²) in [6, 6.07) is 27.5. The smallest absolute Gasteiger partial charge is 0.115 e. The van der Waals surface area contributed by atoms with Crippen LogP contribution in [0.15, 0.2) is 89.9 Å². The fourth-order valence-corrected chi connectivity index (χ4v) is 2.36. The van der Waals surface area contributed by atoms with Gasteiger partial charge in [0.2, 0.25) is 0 Å². The molecule has 0 unspecified atom stereocenters. The van der Waals surface area contributed by atoms with E-state index in [-0.39, 0.29) is 55.9 Å². The Morgan fingerprint density at radius 1 is 0.696 bits per heavy atom. The van der Waals surface area contributed by atoms with Gasteiger partial charge >= 0.3 is 0 Å². The summed E-state index contributed by atoms with van der Waals surface area (Å²) in [6.45, 7) is 0. The summed E-state index contributed by atoms with van der Waals surface area (Å²) in [6.07, 6.45) is 1.85. The van der Waals surface area contributed by atoms with Crippen molar-refractivity contribution in [3.8, 4) is 5.75 Å². The van der Waals surface area contributed by atoms with Gasteiger partial charge in [0, 0.05) is 50.3 Å². The van der Waals surface area contributed by atoms with E-state index >= 15 is 0 Å². The Bertz CT molecular complexity index is 700. The van der Waals surface area contributed by atoms with E-state index in [4.69, 9.17) is 4.99 Å². The summed E-state index contributed by atoms with van der Waals surface area (Å²) in [5, 5.41) is 9.35. The van der Waals surface area contributed by atoms with Gasteiger partial charge in [-0.15, -0.1) is 0 Å². The first-order chi connectivity index (χ1) is 10.8. The quantitative estimate of drug-likeness (QED) is 0.508. The van der Waals surface area contributed by atoms with Crippen LogP contribution < -0.4 is 0 Å². The topological polar surface area (TPSA) is 32.6 Å². The van der Waals surface area contributed by atoms with Crippen molar-refractivity contribution in [1.29, 1.82) is 0 Å². The van der Waals surface area contributed by atoms with Crippen molar-refractivity contribution in [2.45, 2.75) is 6.04 Å². The zero-order valence-electron chi connectivity index (χ0n) is 12.7. The zero-order chi connectivity index (χ0) is 15.2. The standard InChI is InChI=1S/C20H17NO.Ac/c22-19-13-11-16(12-14-19)15-21-20(17-7-3-1-4-8-17)18-9-5-2-6-10-18;/h1-15,20,22H;. The summed E-state index contributed by atoms with van der Waals surface area (Å²) < 4.78 is 0. The Morgan fingerprint density at radius 2 is 1.17 bits per heavy atom. The van der Waals surface area contributed by atoms with E-state index in [1.54, 1.807) is 12.1 Å². The average molecular weight is 514 g/mol. The van der Waals surface area contributed by atoms with Gasteiger partial charge in [-0.25, -0.2) is 0 Å². The maximum atomic E-state index is 9.35. The molecular weight excluding hydrogens is 497 g/mol. The van der Waals surface area contributed by atoms with Crippen LogP contribution in [0.3, 0.4) is 0 Å². The molecule has 0 aliphatic rings. The molecule has 3 rings (SSSR count). The molecule has 0 aliphatic carbocycles. The molecular formula is C20H17AcNO. The van der Waals surface area contributed by atoms with Crippen LogP contribution in [0.25, 0.3) is 0 Å². The molecule has 1 radical (unpaired) electrons. The molecule has 3 heteroatoms. The van der Waals surface area contributed by atoms with Gasteiger partial charge < -0.3 is 5.11 Å². The van der Waals surface area contributed by atoms with E-state index in [9.17, 15) is 5.11 Å². The minimum Gasteiger partial charge on any atom is -0.508 e. The van der Waals surface area contributed by atoms with Crippen LogP contribution in [0.1, 0.15) is 22.7 Å². The van der Waals surface area contributed by atoms with E-state index in [0.29, 0.717) is 0 Å². The van der Waals surface area contributed by atoms with Crippen molar-refractivity contribution in [3.63, 3.8) is 0 Å². The SMILES string of the molecule is Oc1ccc(C=NC(c2ccccc2)c2ccccc2)cc1.[Ac]. The van der Waals surface area contributed by atoms with E-state index in [0.717, 1.165) is 16.7 Å². The summed E-state index contributed by atoms with van der Waals surface area (Å²) in [5.74, 6) is 0.264. The zero-order valence-corrected chi connectivity index (χ0v) is 17.5. The molecule has 0 heterocycles. The molecule has 3 aromatic carbocycles. The Labute approximate surface area is 172 Å².